The first-order valence-corrected chi connectivity index (χ1v) is 8.69. The fraction of sp³-hybridized carbons (Fsp3) is 0.647. The maximum Gasteiger partial charge on any atom is 0.125 e. The molecule has 21 heavy (non-hydrogen) atoms. The summed E-state index contributed by atoms with van der Waals surface area (Å²) >= 11 is 3.53. The van der Waals surface area contributed by atoms with Crippen LogP contribution < -0.4 is 10.1 Å². The minimum absolute atomic E-state index is 0.362. The lowest BCUT2D eigenvalue weighted by Gasteiger charge is -2.35. The van der Waals surface area contributed by atoms with Crippen molar-refractivity contribution >= 4 is 15.9 Å². The first-order chi connectivity index (χ1) is 10.2. The second-order valence-corrected chi connectivity index (χ2v) is 7.45. The zero-order valence-electron chi connectivity index (χ0n) is 12.7. The molecule has 1 aromatic rings. The van der Waals surface area contributed by atoms with Crippen LogP contribution in [0.5, 0.6) is 5.75 Å². The monoisotopic (exact) mass is 353 g/mol. The van der Waals surface area contributed by atoms with E-state index in [1.807, 2.05) is 0 Å². The van der Waals surface area contributed by atoms with Gasteiger partial charge in [-0.15, -0.1) is 0 Å². The predicted octanol–water partition coefficient (Wildman–Crippen LogP) is 4.07. The lowest BCUT2D eigenvalue weighted by molar-refractivity contribution is 0.0227. The second-order valence-electron chi connectivity index (χ2n) is 6.53. The molecule has 0 amide bonds. The molecule has 0 saturated carbocycles. The van der Waals surface area contributed by atoms with Gasteiger partial charge < -0.3 is 14.8 Å². The average Bonchev–Trinajstić information content (AvgIpc) is 2.67. The predicted molar refractivity (Wildman–Crippen MR) is 87.8 cm³/mol. The van der Waals surface area contributed by atoms with E-state index in [2.05, 4.69) is 46.4 Å². The van der Waals surface area contributed by atoms with Gasteiger partial charge in [-0.05, 0) is 43.2 Å². The Morgan fingerprint density at radius 1 is 1.29 bits per heavy atom. The Morgan fingerprint density at radius 2 is 2.10 bits per heavy atom. The Morgan fingerprint density at radius 3 is 2.90 bits per heavy atom. The average molecular weight is 354 g/mol. The SMILES string of the molecule is CC1(CNC2CCCOc3cc(Br)ccc32)CCOCC1. The van der Waals surface area contributed by atoms with Gasteiger partial charge in [-0.25, -0.2) is 0 Å². The zero-order valence-corrected chi connectivity index (χ0v) is 14.2. The van der Waals surface area contributed by atoms with E-state index in [-0.39, 0.29) is 0 Å². The number of benzene rings is 1. The number of nitrogens with one attached hydrogen (secondary N) is 1. The molecule has 2 aliphatic rings. The molecule has 4 heteroatoms. The van der Waals surface area contributed by atoms with Crippen molar-refractivity contribution in [2.24, 2.45) is 5.41 Å². The van der Waals surface area contributed by atoms with E-state index in [1.54, 1.807) is 0 Å². The molecule has 0 spiro atoms. The molecule has 1 N–H and O–H groups in total. The minimum Gasteiger partial charge on any atom is -0.493 e. The molecular formula is C17H24BrNO2. The lowest BCUT2D eigenvalue weighted by Crippen LogP contribution is -2.38. The van der Waals surface area contributed by atoms with Gasteiger partial charge in [0.25, 0.3) is 0 Å². The fourth-order valence-electron chi connectivity index (χ4n) is 3.17. The fourth-order valence-corrected chi connectivity index (χ4v) is 3.51. The van der Waals surface area contributed by atoms with Crippen LogP contribution in [-0.4, -0.2) is 26.4 Å². The summed E-state index contributed by atoms with van der Waals surface area (Å²) in [7, 11) is 0. The molecule has 1 fully saturated rings. The van der Waals surface area contributed by atoms with Gasteiger partial charge in [-0.3, -0.25) is 0 Å². The van der Waals surface area contributed by atoms with Gasteiger partial charge >= 0.3 is 0 Å². The third kappa shape index (κ3) is 3.79. The van der Waals surface area contributed by atoms with Crippen molar-refractivity contribution in [2.75, 3.05) is 26.4 Å². The number of hydrogen-bond acceptors (Lipinski definition) is 3. The Hall–Kier alpha value is -0.580. The van der Waals surface area contributed by atoms with E-state index in [9.17, 15) is 0 Å². The molecule has 1 aromatic carbocycles. The van der Waals surface area contributed by atoms with Crippen LogP contribution in [0.1, 0.15) is 44.2 Å². The summed E-state index contributed by atoms with van der Waals surface area (Å²) in [5.41, 5.74) is 1.66. The molecule has 3 nitrogen and oxygen atoms in total. The van der Waals surface area contributed by atoms with Crippen LogP contribution in [0.15, 0.2) is 22.7 Å². The van der Waals surface area contributed by atoms with Gasteiger partial charge in [-0.1, -0.05) is 28.9 Å². The summed E-state index contributed by atoms with van der Waals surface area (Å²) in [6.07, 6.45) is 4.54. The van der Waals surface area contributed by atoms with E-state index in [0.29, 0.717) is 11.5 Å². The molecule has 1 saturated heterocycles. The quantitative estimate of drug-likeness (QED) is 0.888. The maximum atomic E-state index is 5.89. The van der Waals surface area contributed by atoms with Crippen molar-refractivity contribution in [2.45, 2.75) is 38.6 Å². The van der Waals surface area contributed by atoms with Crippen LogP contribution in [0, 0.1) is 5.41 Å². The molecular weight excluding hydrogens is 330 g/mol. The normalized spacial score (nSPS) is 24.8. The summed E-state index contributed by atoms with van der Waals surface area (Å²) in [5.74, 6) is 1.02. The largest absolute Gasteiger partial charge is 0.493 e. The second kappa shape index (κ2) is 6.67. The summed E-state index contributed by atoms with van der Waals surface area (Å²) < 4.78 is 12.5. The lowest BCUT2D eigenvalue weighted by atomic mass is 9.82. The van der Waals surface area contributed by atoms with Gasteiger partial charge in [0.05, 0.1) is 6.61 Å². The van der Waals surface area contributed by atoms with Crippen molar-refractivity contribution in [3.63, 3.8) is 0 Å². The van der Waals surface area contributed by atoms with Crippen molar-refractivity contribution in [3.05, 3.63) is 28.2 Å². The number of hydrogen-bond donors (Lipinski definition) is 1. The first-order valence-electron chi connectivity index (χ1n) is 7.90. The van der Waals surface area contributed by atoms with Crippen LogP contribution >= 0.6 is 15.9 Å². The first kappa shape index (κ1) is 15.3. The number of halogens is 1. The molecule has 116 valence electrons. The van der Waals surface area contributed by atoms with Crippen LogP contribution in [0.2, 0.25) is 0 Å². The van der Waals surface area contributed by atoms with Crippen molar-refractivity contribution in [3.8, 4) is 5.75 Å². The van der Waals surface area contributed by atoms with Crippen LogP contribution in [0.4, 0.5) is 0 Å². The van der Waals surface area contributed by atoms with Gasteiger partial charge in [0.15, 0.2) is 0 Å². The Balaban J connectivity index is 1.70. The highest BCUT2D eigenvalue weighted by Gasteiger charge is 2.29. The van der Waals surface area contributed by atoms with Gasteiger partial charge in [0.1, 0.15) is 5.75 Å². The highest BCUT2D eigenvalue weighted by atomic mass is 79.9. The van der Waals surface area contributed by atoms with Crippen molar-refractivity contribution < 1.29 is 9.47 Å². The van der Waals surface area contributed by atoms with Crippen LogP contribution in [0.3, 0.4) is 0 Å². The summed E-state index contributed by atoms with van der Waals surface area (Å²) in [4.78, 5) is 0. The highest BCUT2D eigenvalue weighted by molar-refractivity contribution is 9.10. The minimum atomic E-state index is 0.362. The molecule has 1 atom stereocenters. The molecule has 2 aliphatic heterocycles. The summed E-state index contributed by atoms with van der Waals surface area (Å²) in [6.45, 7) is 6.03. The van der Waals surface area contributed by atoms with Gasteiger partial charge in [0.2, 0.25) is 0 Å². The standard InChI is InChI=1S/C17H24BrNO2/c1-17(6-9-20-10-7-17)12-19-15-3-2-8-21-16-11-13(18)4-5-14(15)16/h4-5,11,15,19H,2-3,6-10,12H2,1H3. The number of ether oxygens (including phenoxy) is 2. The Bertz CT molecular complexity index is 486. The molecule has 0 bridgehead atoms. The molecule has 0 aliphatic carbocycles. The van der Waals surface area contributed by atoms with E-state index < -0.39 is 0 Å². The maximum absolute atomic E-state index is 5.89. The number of rotatable bonds is 3. The van der Waals surface area contributed by atoms with Gasteiger partial charge in [0, 0.05) is 35.8 Å². The van der Waals surface area contributed by atoms with Crippen LogP contribution in [-0.2, 0) is 4.74 Å². The Labute approximate surface area is 135 Å². The number of fused-ring (bicyclic) bond motifs is 1. The van der Waals surface area contributed by atoms with Crippen molar-refractivity contribution in [1.82, 2.24) is 5.32 Å². The van der Waals surface area contributed by atoms with Crippen molar-refractivity contribution in [1.29, 1.82) is 0 Å². The van der Waals surface area contributed by atoms with E-state index in [4.69, 9.17) is 9.47 Å². The Kier molecular flexibility index (Phi) is 4.87. The molecule has 3 rings (SSSR count). The van der Waals surface area contributed by atoms with E-state index in [1.165, 1.54) is 5.56 Å². The molecule has 2 heterocycles. The third-order valence-corrected chi connectivity index (χ3v) is 5.21. The zero-order chi connectivity index (χ0) is 14.7. The smallest absolute Gasteiger partial charge is 0.125 e. The van der Waals surface area contributed by atoms with E-state index in [0.717, 1.165) is 62.3 Å². The molecule has 1 unspecified atom stereocenters. The molecule has 0 radical (unpaired) electrons. The van der Waals surface area contributed by atoms with E-state index >= 15 is 0 Å². The molecule has 0 aromatic heterocycles. The summed E-state index contributed by atoms with van der Waals surface area (Å²) in [6, 6.07) is 6.79. The highest BCUT2D eigenvalue weighted by Crippen LogP contribution is 2.35. The van der Waals surface area contributed by atoms with Gasteiger partial charge in [-0.2, -0.15) is 0 Å². The third-order valence-electron chi connectivity index (χ3n) is 4.72. The summed E-state index contributed by atoms with van der Waals surface area (Å²) in [5, 5.41) is 3.80. The van der Waals surface area contributed by atoms with Crippen LogP contribution in [0.25, 0.3) is 0 Å². The topological polar surface area (TPSA) is 30.5 Å².